The fourth-order valence-electron chi connectivity index (χ4n) is 1.50. The van der Waals surface area contributed by atoms with E-state index in [1.54, 1.807) is 0 Å². The van der Waals surface area contributed by atoms with Gasteiger partial charge < -0.3 is 10.5 Å². The second-order valence-electron chi connectivity index (χ2n) is 3.48. The Morgan fingerprint density at radius 1 is 1.47 bits per heavy atom. The lowest BCUT2D eigenvalue weighted by molar-refractivity contribution is -0.147. The van der Waals surface area contributed by atoms with Gasteiger partial charge in [0.1, 0.15) is 6.10 Å². The van der Waals surface area contributed by atoms with Crippen LogP contribution in [0, 0.1) is 0 Å². The molecule has 0 bridgehead atoms. The van der Waals surface area contributed by atoms with E-state index in [2.05, 4.69) is 6.58 Å². The molecule has 0 rings (SSSR count). The van der Waals surface area contributed by atoms with E-state index in [1.807, 2.05) is 20.8 Å². The number of hydrogen-bond donors (Lipinski definition) is 1. The van der Waals surface area contributed by atoms with Gasteiger partial charge in [-0.3, -0.25) is 0 Å². The minimum Gasteiger partial charge on any atom is -0.457 e. The topological polar surface area (TPSA) is 52.3 Å². The fourth-order valence-corrected chi connectivity index (χ4v) is 1.50. The van der Waals surface area contributed by atoms with Crippen molar-refractivity contribution in [1.82, 2.24) is 0 Å². The van der Waals surface area contributed by atoms with Crippen molar-refractivity contribution in [3.63, 3.8) is 0 Å². The molecule has 0 aromatic heterocycles. The van der Waals surface area contributed by atoms with Crippen LogP contribution in [0.25, 0.3) is 0 Å². The molecule has 0 aliphatic rings. The van der Waals surface area contributed by atoms with Crippen molar-refractivity contribution < 1.29 is 9.53 Å². The molecule has 2 N–H and O–H groups in total. The van der Waals surface area contributed by atoms with Gasteiger partial charge in [0.05, 0.1) is 5.54 Å². The van der Waals surface area contributed by atoms with Crippen LogP contribution in [0.4, 0.5) is 0 Å². The lowest BCUT2D eigenvalue weighted by Gasteiger charge is -2.34. The lowest BCUT2D eigenvalue weighted by Crippen LogP contribution is -2.51. The highest BCUT2D eigenvalue weighted by Crippen LogP contribution is 2.22. The molecular weight excluding hydrogens is 258 g/mol. The van der Waals surface area contributed by atoms with Gasteiger partial charge in [0.15, 0.2) is 0 Å². The van der Waals surface area contributed by atoms with Crippen molar-refractivity contribution in [2.75, 3.05) is 0 Å². The van der Waals surface area contributed by atoms with Crippen LogP contribution in [-0.4, -0.2) is 17.6 Å². The molecular formula is C11H22BrNO2. The average molecular weight is 280 g/mol. The lowest BCUT2D eigenvalue weighted by atomic mass is 9.86. The standard InChI is InChI=1S/C11H21NO2.BrH/c1-5-9(14-10(13)6-2)11(12,7-3)8-4;/h6,9H,2,5,7-8,12H2,1,3-4H3;1H. The van der Waals surface area contributed by atoms with Crippen molar-refractivity contribution in [2.24, 2.45) is 5.73 Å². The van der Waals surface area contributed by atoms with E-state index in [1.165, 1.54) is 6.08 Å². The number of carbonyl (C=O) groups is 1. The zero-order valence-corrected chi connectivity index (χ0v) is 11.5. The van der Waals surface area contributed by atoms with Crippen molar-refractivity contribution in [3.05, 3.63) is 12.7 Å². The molecule has 0 heterocycles. The summed E-state index contributed by atoms with van der Waals surface area (Å²) < 4.78 is 5.21. The minimum absolute atomic E-state index is 0. The molecule has 0 spiro atoms. The molecule has 4 heteroatoms. The Labute approximate surface area is 103 Å². The molecule has 0 aromatic carbocycles. The van der Waals surface area contributed by atoms with Crippen LogP contribution < -0.4 is 5.73 Å². The first-order valence-corrected chi connectivity index (χ1v) is 5.15. The number of esters is 1. The second-order valence-corrected chi connectivity index (χ2v) is 3.48. The Bertz CT molecular complexity index is 203. The number of rotatable bonds is 6. The maximum Gasteiger partial charge on any atom is 0.330 e. The fraction of sp³-hybridized carbons (Fsp3) is 0.727. The highest BCUT2D eigenvalue weighted by molar-refractivity contribution is 8.93. The third-order valence-electron chi connectivity index (χ3n) is 2.75. The van der Waals surface area contributed by atoms with E-state index in [0.717, 1.165) is 19.3 Å². The molecule has 0 aliphatic carbocycles. The molecule has 0 aliphatic heterocycles. The van der Waals surface area contributed by atoms with E-state index in [4.69, 9.17) is 10.5 Å². The molecule has 1 unspecified atom stereocenters. The van der Waals surface area contributed by atoms with Crippen molar-refractivity contribution in [1.29, 1.82) is 0 Å². The van der Waals surface area contributed by atoms with Gasteiger partial charge in [0.25, 0.3) is 0 Å². The highest BCUT2D eigenvalue weighted by atomic mass is 79.9. The Hall–Kier alpha value is -0.350. The van der Waals surface area contributed by atoms with Crippen LogP contribution in [0.15, 0.2) is 12.7 Å². The average Bonchev–Trinajstić information content (AvgIpc) is 2.24. The SMILES string of the molecule is Br.C=CC(=O)OC(CC)C(N)(CC)CC. The van der Waals surface area contributed by atoms with Gasteiger partial charge in [-0.2, -0.15) is 0 Å². The molecule has 1 atom stereocenters. The Kier molecular flexibility index (Phi) is 8.96. The predicted octanol–water partition coefficient (Wildman–Crippen LogP) is 2.59. The first kappa shape index (κ1) is 17.1. The van der Waals surface area contributed by atoms with Crippen LogP contribution in [0.2, 0.25) is 0 Å². The Morgan fingerprint density at radius 2 is 1.93 bits per heavy atom. The maximum absolute atomic E-state index is 11.1. The van der Waals surface area contributed by atoms with Gasteiger partial charge >= 0.3 is 5.97 Å². The molecule has 90 valence electrons. The number of hydrogen-bond acceptors (Lipinski definition) is 3. The molecule has 0 amide bonds. The summed E-state index contributed by atoms with van der Waals surface area (Å²) in [4.78, 5) is 11.1. The largest absolute Gasteiger partial charge is 0.457 e. The summed E-state index contributed by atoms with van der Waals surface area (Å²) >= 11 is 0. The summed E-state index contributed by atoms with van der Waals surface area (Å²) in [5, 5.41) is 0. The minimum atomic E-state index is -0.409. The monoisotopic (exact) mass is 279 g/mol. The molecule has 0 saturated carbocycles. The number of ether oxygens (including phenoxy) is 1. The molecule has 0 fully saturated rings. The molecule has 0 saturated heterocycles. The summed E-state index contributed by atoms with van der Waals surface area (Å²) in [6, 6.07) is 0. The zero-order chi connectivity index (χ0) is 11.2. The predicted molar refractivity (Wildman–Crippen MR) is 68.2 cm³/mol. The van der Waals surface area contributed by atoms with Crippen LogP contribution in [0.3, 0.4) is 0 Å². The first-order valence-electron chi connectivity index (χ1n) is 5.15. The van der Waals surface area contributed by atoms with E-state index >= 15 is 0 Å². The number of halogens is 1. The number of carbonyl (C=O) groups excluding carboxylic acids is 1. The highest BCUT2D eigenvalue weighted by Gasteiger charge is 2.32. The van der Waals surface area contributed by atoms with Crippen molar-refractivity contribution in [3.8, 4) is 0 Å². The second kappa shape index (κ2) is 7.88. The van der Waals surface area contributed by atoms with E-state index in [-0.39, 0.29) is 23.1 Å². The Balaban J connectivity index is 0. The Morgan fingerprint density at radius 3 is 2.20 bits per heavy atom. The third kappa shape index (κ3) is 4.80. The van der Waals surface area contributed by atoms with Crippen molar-refractivity contribution in [2.45, 2.75) is 51.7 Å². The summed E-state index contributed by atoms with van der Waals surface area (Å²) in [7, 11) is 0. The van der Waals surface area contributed by atoms with Gasteiger partial charge in [0, 0.05) is 6.08 Å². The van der Waals surface area contributed by atoms with Gasteiger partial charge in [-0.05, 0) is 19.3 Å². The van der Waals surface area contributed by atoms with Gasteiger partial charge in [0.2, 0.25) is 0 Å². The normalized spacial score (nSPS) is 12.5. The van der Waals surface area contributed by atoms with Crippen LogP contribution in [0.5, 0.6) is 0 Å². The molecule has 3 nitrogen and oxygen atoms in total. The van der Waals surface area contributed by atoms with Gasteiger partial charge in [-0.15, -0.1) is 17.0 Å². The third-order valence-corrected chi connectivity index (χ3v) is 2.75. The van der Waals surface area contributed by atoms with E-state index < -0.39 is 11.5 Å². The maximum atomic E-state index is 11.1. The van der Waals surface area contributed by atoms with Crippen LogP contribution in [0.1, 0.15) is 40.0 Å². The molecule has 0 aromatic rings. The molecule has 15 heavy (non-hydrogen) atoms. The summed E-state index contributed by atoms with van der Waals surface area (Å²) in [6.07, 6.45) is 3.29. The molecule has 0 radical (unpaired) electrons. The zero-order valence-electron chi connectivity index (χ0n) is 9.79. The van der Waals surface area contributed by atoms with Crippen LogP contribution >= 0.6 is 17.0 Å². The summed E-state index contributed by atoms with van der Waals surface area (Å²) in [5.41, 5.74) is 5.73. The summed E-state index contributed by atoms with van der Waals surface area (Å²) in [5.74, 6) is -0.395. The van der Waals surface area contributed by atoms with Crippen LogP contribution in [-0.2, 0) is 9.53 Å². The van der Waals surface area contributed by atoms with Crippen molar-refractivity contribution >= 4 is 23.0 Å². The van der Waals surface area contributed by atoms with Gasteiger partial charge in [-0.1, -0.05) is 27.4 Å². The van der Waals surface area contributed by atoms with Gasteiger partial charge in [-0.25, -0.2) is 4.79 Å². The smallest absolute Gasteiger partial charge is 0.330 e. The summed E-state index contributed by atoms with van der Waals surface area (Å²) in [6.45, 7) is 9.35. The first-order chi connectivity index (χ1) is 6.53. The number of nitrogens with two attached hydrogens (primary N) is 1. The quantitative estimate of drug-likeness (QED) is 0.601. The van der Waals surface area contributed by atoms with E-state index in [0.29, 0.717) is 0 Å². The van der Waals surface area contributed by atoms with E-state index in [9.17, 15) is 4.79 Å².